The number of carbonyl (C=O) groups excluding carboxylic acids is 1. The molecular weight excluding hydrogens is 308 g/mol. The highest BCUT2D eigenvalue weighted by Gasteiger charge is 2.13. The molecular formula is C18H16N2O4. The second-order valence-electron chi connectivity index (χ2n) is 5.08. The number of phenols is 1. The summed E-state index contributed by atoms with van der Waals surface area (Å²) in [4.78, 5) is 12.1. The number of aromatic nitrogens is 2. The normalized spacial score (nSPS) is 10.4. The van der Waals surface area contributed by atoms with Gasteiger partial charge in [0, 0.05) is 18.5 Å². The summed E-state index contributed by atoms with van der Waals surface area (Å²) in [6.45, 7) is 0.115. The summed E-state index contributed by atoms with van der Waals surface area (Å²) in [7, 11) is 1.49. The van der Waals surface area contributed by atoms with Gasteiger partial charge in [-0.1, -0.05) is 12.1 Å². The molecule has 0 atom stereocenters. The molecule has 0 radical (unpaired) electrons. The fourth-order valence-corrected chi connectivity index (χ4v) is 2.20. The van der Waals surface area contributed by atoms with E-state index in [9.17, 15) is 9.90 Å². The van der Waals surface area contributed by atoms with Crippen LogP contribution >= 0.6 is 0 Å². The molecule has 6 heteroatoms. The Morgan fingerprint density at radius 3 is 2.62 bits per heavy atom. The van der Waals surface area contributed by atoms with Gasteiger partial charge in [0.25, 0.3) is 0 Å². The molecule has 0 spiro atoms. The molecule has 0 saturated heterocycles. The summed E-state index contributed by atoms with van der Waals surface area (Å²) in [6.07, 6.45) is 3.55. The monoisotopic (exact) mass is 324 g/mol. The van der Waals surface area contributed by atoms with Crippen LogP contribution in [0.5, 0.6) is 11.5 Å². The molecule has 0 saturated carbocycles. The lowest BCUT2D eigenvalue weighted by Crippen LogP contribution is -2.06. The number of methoxy groups -OCH3 is 1. The third kappa shape index (κ3) is 3.38. The van der Waals surface area contributed by atoms with Crippen LogP contribution in [0.4, 0.5) is 0 Å². The minimum Gasteiger partial charge on any atom is -0.507 e. The number of aromatic hydroxyl groups is 1. The van der Waals surface area contributed by atoms with E-state index in [4.69, 9.17) is 9.47 Å². The summed E-state index contributed by atoms with van der Waals surface area (Å²) >= 11 is 0. The first kappa shape index (κ1) is 15.6. The molecule has 2 aromatic carbocycles. The fourth-order valence-electron chi connectivity index (χ4n) is 2.20. The molecule has 0 aliphatic rings. The van der Waals surface area contributed by atoms with Crippen LogP contribution in [0.25, 0.3) is 5.69 Å². The SMILES string of the molecule is COc1ccc(C(=O)OCc2ccc(-n3cccn3)cc2)c(O)c1. The fraction of sp³-hybridized carbons (Fsp3) is 0.111. The highest BCUT2D eigenvalue weighted by Crippen LogP contribution is 2.24. The Bertz CT molecular complexity index is 827. The minimum atomic E-state index is -0.591. The minimum absolute atomic E-state index is 0.101. The summed E-state index contributed by atoms with van der Waals surface area (Å²) in [5, 5.41) is 14.0. The predicted octanol–water partition coefficient (Wildman–Crippen LogP) is 2.94. The zero-order valence-electron chi connectivity index (χ0n) is 13.0. The Kier molecular flexibility index (Phi) is 4.47. The molecule has 1 N–H and O–H groups in total. The standard InChI is InChI=1S/C18H16N2O4/c1-23-15-7-8-16(17(21)11-15)18(22)24-12-13-3-5-14(6-4-13)20-10-2-9-19-20/h2-11,21H,12H2,1H3. The lowest BCUT2D eigenvalue weighted by atomic mass is 10.2. The van der Waals surface area contributed by atoms with Gasteiger partial charge in [-0.25, -0.2) is 9.48 Å². The first-order valence-electron chi connectivity index (χ1n) is 7.30. The number of nitrogens with zero attached hydrogens (tertiary/aromatic N) is 2. The maximum absolute atomic E-state index is 12.1. The molecule has 0 fully saturated rings. The van der Waals surface area contributed by atoms with Gasteiger partial charge in [0.15, 0.2) is 0 Å². The number of hydrogen-bond donors (Lipinski definition) is 1. The number of benzene rings is 2. The van der Waals surface area contributed by atoms with Crippen LogP contribution in [0.2, 0.25) is 0 Å². The molecule has 122 valence electrons. The molecule has 0 bridgehead atoms. The molecule has 0 aliphatic carbocycles. The third-order valence-corrected chi connectivity index (χ3v) is 3.50. The molecule has 24 heavy (non-hydrogen) atoms. The second kappa shape index (κ2) is 6.87. The van der Waals surface area contributed by atoms with Crippen LogP contribution in [0.3, 0.4) is 0 Å². The lowest BCUT2D eigenvalue weighted by molar-refractivity contribution is 0.0469. The molecule has 0 amide bonds. The van der Waals surface area contributed by atoms with Crippen molar-refractivity contribution in [2.45, 2.75) is 6.61 Å². The smallest absolute Gasteiger partial charge is 0.342 e. The van der Waals surface area contributed by atoms with Crippen LogP contribution in [-0.2, 0) is 11.3 Å². The van der Waals surface area contributed by atoms with Crippen LogP contribution in [0.15, 0.2) is 60.9 Å². The van der Waals surface area contributed by atoms with E-state index in [1.54, 1.807) is 16.9 Å². The van der Waals surface area contributed by atoms with E-state index < -0.39 is 5.97 Å². The van der Waals surface area contributed by atoms with Gasteiger partial charge in [-0.15, -0.1) is 0 Å². The maximum Gasteiger partial charge on any atom is 0.342 e. The second-order valence-corrected chi connectivity index (χ2v) is 5.08. The van der Waals surface area contributed by atoms with Crippen LogP contribution in [-0.4, -0.2) is 28.0 Å². The van der Waals surface area contributed by atoms with E-state index in [0.717, 1.165) is 11.3 Å². The van der Waals surface area contributed by atoms with Crippen molar-refractivity contribution in [2.24, 2.45) is 0 Å². The summed E-state index contributed by atoms with van der Waals surface area (Å²) in [5.41, 5.74) is 1.86. The van der Waals surface area contributed by atoms with E-state index in [2.05, 4.69) is 5.10 Å². The van der Waals surface area contributed by atoms with Crippen molar-refractivity contribution in [3.05, 3.63) is 72.1 Å². The quantitative estimate of drug-likeness (QED) is 0.731. The Morgan fingerprint density at radius 1 is 1.21 bits per heavy atom. The molecule has 0 unspecified atom stereocenters. The topological polar surface area (TPSA) is 73.6 Å². The van der Waals surface area contributed by atoms with E-state index in [0.29, 0.717) is 5.75 Å². The molecule has 6 nitrogen and oxygen atoms in total. The maximum atomic E-state index is 12.1. The van der Waals surface area contributed by atoms with Gasteiger partial charge in [-0.2, -0.15) is 5.10 Å². The average Bonchev–Trinajstić information content (AvgIpc) is 3.14. The molecule has 3 aromatic rings. The Morgan fingerprint density at radius 2 is 2.00 bits per heavy atom. The lowest BCUT2D eigenvalue weighted by Gasteiger charge is -2.08. The molecule has 3 rings (SSSR count). The Hall–Kier alpha value is -3.28. The predicted molar refractivity (Wildman–Crippen MR) is 87.3 cm³/mol. The summed E-state index contributed by atoms with van der Waals surface area (Å²) in [6, 6.07) is 13.8. The molecule has 1 aromatic heterocycles. The van der Waals surface area contributed by atoms with Crippen molar-refractivity contribution in [3.63, 3.8) is 0 Å². The van der Waals surface area contributed by atoms with E-state index in [1.165, 1.54) is 19.2 Å². The number of hydrogen-bond acceptors (Lipinski definition) is 5. The highest BCUT2D eigenvalue weighted by atomic mass is 16.5. The van der Waals surface area contributed by atoms with Crippen molar-refractivity contribution in [3.8, 4) is 17.2 Å². The molecule has 1 heterocycles. The number of rotatable bonds is 5. The van der Waals surface area contributed by atoms with E-state index in [1.807, 2.05) is 36.5 Å². The van der Waals surface area contributed by atoms with Crippen LogP contribution in [0, 0.1) is 0 Å². The number of phenolic OH excluding ortho intramolecular Hbond substituents is 1. The Labute approximate surface area is 138 Å². The average molecular weight is 324 g/mol. The molecule has 0 aliphatic heterocycles. The van der Waals surface area contributed by atoms with Gasteiger partial charge in [-0.3, -0.25) is 0 Å². The zero-order valence-corrected chi connectivity index (χ0v) is 13.0. The first-order valence-corrected chi connectivity index (χ1v) is 7.30. The summed E-state index contributed by atoms with van der Waals surface area (Å²) < 4.78 is 12.0. The van der Waals surface area contributed by atoms with Crippen LogP contribution < -0.4 is 4.74 Å². The van der Waals surface area contributed by atoms with Gasteiger partial charge in [0.1, 0.15) is 23.7 Å². The zero-order chi connectivity index (χ0) is 16.9. The number of carbonyl (C=O) groups is 1. The first-order chi connectivity index (χ1) is 11.7. The number of esters is 1. The van der Waals surface area contributed by atoms with Crippen molar-refractivity contribution in [2.75, 3.05) is 7.11 Å². The van der Waals surface area contributed by atoms with Crippen molar-refractivity contribution in [1.82, 2.24) is 9.78 Å². The van der Waals surface area contributed by atoms with Gasteiger partial charge < -0.3 is 14.6 Å². The van der Waals surface area contributed by atoms with Crippen LogP contribution in [0.1, 0.15) is 15.9 Å². The largest absolute Gasteiger partial charge is 0.507 e. The summed E-state index contributed by atoms with van der Waals surface area (Å²) in [5.74, 6) is -0.294. The van der Waals surface area contributed by atoms with Crippen molar-refractivity contribution in [1.29, 1.82) is 0 Å². The third-order valence-electron chi connectivity index (χ3n) is 3.50. The Balaban J connectivity index is 1.64. The van der Waals surface area contributed by atoms with Gasteiger partial charge in [-0.05, 0) is 35.9 Å². The van der Waals surface area contributed by atoms with Gasteiger partial charge in [0.2, 0.25) is 0 Å². The highest BCUT2D eigenvalue weighted by molar-refractivity contribution is 5.92. The van der Waals surface area contributed by atoms with Gasteiger partial charge >= 0.3 is 5.97 Å². The number of ether oxygens (including phenoxy) is 2. The van der Waals surface area contributed by atoms with Crippen molar-refractivity contribution < 1.29 is 19.4 Å². The van der Waals surface area contributed by atoms with Crippen molar-refractivity contribution >= 4 is 5.97 Å². The van der Waals surface area contributed by atoms with E-state index >= 15 is 0 Å². The van der Waals surface area contributed by atoms with Gasteiger partial charge in [0.05, 0.1) is 12.8 Å². The van der Waals surface area contributed by atoms with E-state index in [-0.39, 0.29) is 17.9 Å².